The monoisotopic (exact) mass is 281 g/mol. The van der Waals surface area contributed by atoms with Gasteiger partial charge in [-0.15, -0.1) is 0 Å². The van der Waals surface area contributed by atoms with E-state index >= 15 is 0 Å². The van der Waals surface area contributed by atoms with E-state index in [2.05, 4.69) is 0 Å². The van der Waals surface area contributed by atoms with Gasteiger partial charge in [-0.1, -0.05) is 23.7 Å². The summed E-state index contributed by atoms with van der Waals surface area (Å²) in [6.07, 6.45) is 1.82. The van der Waals surface area contributed by atoms with Gasteiger partial charge in [0.1, 0.15) is 5.70 Å². The van der Waals surface area contributed by atoms with E-state index in [9.17, 15) is 4.79 Å². The Kier molecular flexibility index (Phi) is 6.43. The topological polar surface area (TPSA) is 29.5 Å². The highest BCUT2D eigenvalue weighted by Gasteiger charge is 2.16. The summed E-state index contributed by atoms with van der Waals surface area (Å²) >= 11 is 5.96. The van der Waals surface area contributed by atoms with Gasteiger partial charge in [-0.3, -0.25) is 0 Å². The third-order valence-corrected chi connectivity index (χ3v) is 2.98. The molecule has 0 aliphatic heterocycles. The van der Waals surface area contributed by atoms with Crippen LogP contribution < -0.4 is 0 Å². The van der Waals surface area contributed by atoms with Crippen molar-refractivity contribution in [2.24, 2.45) is 0 Å². The van der Waals surface area contributed by atoms with Crippen molar-refractivity contribution >= 4 is 23.6 Å². The molecule has 0 saturated heterocycles. The number of esters is 1. The van der Waals surface area contributed by atoms with E-state index in [1.54, 1.807) is 13.0 Å². The lowest BCUT2D eigenvalue weighted by molar-refractivity contribution is -0.140. The number of likely N-dealkylation sites (N-methyl/N-ethyl adjacent to an activating group) is 1. The quantitative estimate of drug-likeness (QED) is 0.589. The Morgan fingerprint density at radius 1 is 1.32 bits per heavy atom. The zero-order valence-corrected chi connectivity index (χ0v) is 12.4. The molecule has 0 atom stereocenters. The van der Waals surface area contributed by atoms with E-state index in [1.807, 2.05) is 43.0 Å². The van der Waals surface area contributed by atoms with Crippen LogP contribution in [0.1, 0.15) is 26.3 Å². The number of nitrogens with zero attached hydrogens (tertiary/aromatic N) is 1. The van der Waals surface area contributed by atoms with Crippen LogP contribution in [0.2, 0.25) is 5.02 Å². The maximum atomic E-state index is 12.0. The van der Waals surface area contributed by atoms with Gasteiger partial charge in [0.15, 0.2) is 0 Å². The summed E-state index contributed by atoms with van der Waals surface area (Å²) in [4.78, 5) is 14.0. The molecule has 4 heteroatoms. The van der Waals surface area contributed by atoms with Gasteiger partial charge in [-0.25, -0.2) is 4.79 Å². The molecule has 1 rings (SSSR count). The standard InChI is InChI=1S/C15H20ClNO2/c1-4-17(5-2)14(15(18)19-6-3)11-12-8-7-9-13(16)10-12/h7-11H,4-6H2,1-3H3/b14-11+. The average Bonchev–Trinajstić information content (AvgIpc) is 2.39. The lowest BCUT2D eigenvalue weighted by Crippen LogP contribution is -2.28. The van der Waals surface area contributed by atoms with Gasteiger partial charge < -0.3 is 9.64 Å². The van der Waals surface area contributed by atoms with Gasteiger partial charge in [-0.2, -0.15) is 0 Å². The van der Waals surface area contributed by atoms with Gasteiger partial charge >= 0.3 is 5.97 Å². The first kappa shape index (κ1) is 15.6. The fourth-order valence-electron chi connectivity index (χ4n) is 1.80. The van der Waals surface area contributed by atoms with E-state index in [0.717, 1.165) is 18.7 Å². The summed E-state index contributed by atoms with van der Waals surface area (Å²) < 4.78 is 5.11. The van der Waals surface area contributed by atoms with Crippen molar-refractivity contribution in [1.29, 1.82) is 0 Å². The molecule has 0 fully saturated rings. The second-order valence-electron chi connectivity index (χ2n) is 3.98. The van der Waals surface area contributed by atoms with Crippen LogP contribution >= 0.6 is 11.6 Å². The summed E-state index contributed by atoms with van der Waals surface area (Å²) in [5.74, 6) is -0.300. The minimum atomic E-state index is -0.300. The van der Waals surface area contributed by atoms with Crippen LogP contribution in [0.5, 0.6) is 0 Å². The fraction of sp³-hybridized carbons (Fsp3) is 0.400. The molecule has 0 spiro atoms. The van der Waals surface area contributed by atoms with Gasteiger partial charge in [0.25, 0.3) is 0 Å². The third-order valence-electron chi connectivity index (χ3n) is 2.74. The second-order valence-corrected chi connectivity index (χ2v) is 4.41. The molecular weight excluding hydrogens is 262 g/mol. The summed E-state index contributed by atoms with van der Waals surface area (Å²) in [7, 11) is 0. The number of carbonyl (C=O) groups excluding carboxylic acids is 1. The van der Waals surface area contributed by atoms with Crippen molar-refractivity contribution in [3.05, 3.63) is 40.5 Å². The summed E-state index contributed by atoms with van der Waals surface area (Å²) in [5.41, 5.74) is 1.46. The molecule has 3 nitrogen and oxygen atoms in total. The molecule has 0 aliphatic rings. The zero-order valence-electron chi connectivity index (χ0n) is 11.6. The molecule has 19 heavy (non-hydrogen) atoms. The highest BCUT2D eigenvalue weighted by molar-refractivity contribution is 6.30. The van der Waals surface area contributed by atoms with Crippen molar-refractivity contribution < 1.29 is 9.53 Å². The Hall–Kier alpha value is -1.48. The molecule has 0 amide bonds. The van der Waals surface area contributed by atoms with Crippen LogP contribution in [0, 0.1) is 0 Å². The molecule has 1 aromatic carbocycles. The molecule has 104 valence electrons. The normalized spacial score (nSPS) is 11.3. The molecule has 0 aliphatic carbocycles. The molecule has 1 aromatic rings. The lowest BCUT2D eigenvalue weighted by Gasteiger charge is -2.23. The van der Waals surface area contributed by atoms with E-state index in [0.29, 0.717) is 17.3 Å². The lowest BCUT2D eigenvalue weighted by atomic mass is 10.2. The maximum Gasteiger partial charge on any atom is 0.354 e. The van der Waals surface area contributed by atoms with Crippen molar-refractivity contribution in [1.82, 2.24) is 4.90 Å². The zero-order chi connectivity index (χ0) is 14.3. The summed E-state index contributed by atoms with van der Waals surface area (Å²) in [6.45, 7) is 7.69. The Bertz CT molecular complexity index is 453. The smallest absolute Gasteiger partial charge is 0.354 e. The van der Waals surface area contributed by atoms with Crippen LogP contribution in [0.25, 0.3) is 6.08 Å². The van der Waals surface area contributed by atoms with Crippen molar-refractivity contribution in [3.63, 3.8) is 0 Å². The SMILES string of the molecule is CCOC(=O)/C(=C\c1cccc(Cl)c1)N(CC)CC. The Morgan fingerprint density at radius 3 is 2.53 bits per heavy atom. The van der Waals surface area contributed by atoms with Crippen LogP contribution in [0.3, 0.4) is 0 Å². The molecule has 0 radical (unpaired) electrons. The molecule has 0 unspecified atom stereocenters. The predicted molar refractivity (Wildman–Crippen MR) is 79.0 cm³/mol. The second kappa shape index (κ2) is 7.85. The van der Waals surface area contributed by atoms with Gasteiger partial charge in [0.2, 0.25) is 0 Å². The number of carbonyl (C=O) groups is 1. The highest BCUT2D eigenvalue weighted by atomic mass is 35.5. The molecular formula is C15H20ClNO2. The first-order valence-corrected chi connectivity index (χ1v) is 6.89. The minimum Gasteiger partial charge on any atom is -0.461 e. The number of ether oxygens (including phenoxy) is 1. The van der Waals surface area contributed by atoms with Gasteiger partial charge in [0, 0.05) is 18.1 Å². The van der Waals surface area contributed by atoms with Crippen LogP contribution in [0.15, 0.2) is 30.0 Å². The number of rotatable bonds is 6. The number of halogens is 1. The number of hydrogen-bond donors (Lipinski definition) is 0. The molecule has 0 heterocycles. The third kappa shape index (κ3) is 4.60. The highest BCUT2D eigenvalue weighted by Crippen LogP contribution is 2.16. The molecule has 0 saturated carbocycles. The van der Waals surface area contributed by atoms with Crippen molar-refractivity contribution in [2.45, 2.75) is 20.8 Å². The first-order chi connectivity index (χ1) is 9.12. The molecule has 0 bridgehead atoms. The van der Waals surface area contributed by atoms with Gasteiger partial charge in [0.05, 0.1) is 6.61 Å². The Balaban J connectivity index is 3.11. The fourth-order valence-corrected chi connectivity index (χ4v) is 2.00. The average molecular weight is 282 g/mol. The summed E-state index contributed by atoms with van der Waals surface area (Å²) in [6, 6.07) is 7.40. The van der Waals surface area contributed by atoms with Crippen molar-refractivity contribution in [2.75, 3.05) is 19.7 Å². The molecule has 0 aromatic heterocycles. The Labute approximate surface area is 119 Å². The largest absolute Gasteiger partial charge is 0.461 e. The van der Waals surface area contributed by atoms with E-state index in [4.69, 9.17) is 16.3 Å². The minimum absolute atomic E-state index is 0.300. The van der Waals surface area contributed by atoms with E-state index < -0.39 is 0 Å². The van der Waals surface area contributed by atoms with Crippen LogP contribution in [-0.4, -0.2) is 30.6 Å². The Morgan fingerprint density at radius 2 is 2.00 bits per heavy atom. The predicted octanol–water partition coefficient (Wildman–Crippen LogP) is 3.59. The summed E-state index contributed by atoms with van der Waals surface area (Å²) in [5, 5.41) is 0.650. The van der Waals surface area contributed by atoms with E-state index in [-0.39, 0.29) is 5.97 Å². The molecule has 0 N–H and O–H groups in total. The van der Waals surface area contributed by atoms with E-state index in [1.165, 1.54) is 0 Å². The van der Waals surface area contributed by atoms with Crippen LogP contribution in [0.4, 0.5) is 0 Å². The number of hydrogen-bond acceptors (Lipinski definition) is 3. The van der Waals surface area contributed by atoms with Crippen LogP contribution in [-0.2, 0) is 9.53 Å². The first-order valence-electron chi connectivity index (χ1n) is 6.51. The van der Waals surface area contributed by atoms with Gasteiger partial charge in [-0.05, 0) is 44.5 Å². The number of benzene rings is 1. The maximum absolute atomic E-state index is 12.0. The van der Waals surface area contributed by atoms with Crippen molar-refractivity contribution in [3.8, 4) is 0 Å².